The molecule has 102 valence electrons. The van der Waals surface area contributed by atoms with Gasteiger partial charge in [-0.3, -0.25) is 4.79 Å². The summed E-state index contributed by atoms with van der Waals surface area (Å²) in [4.78, 5) is 12.1. The molecule has 2 aromatic carbocycles. The Morgan fingerprint density at radius 3 is 1.90 bits per heavy atom. The maximum Gasteiger partial charge on any atom is 0.416 e. The van der Waals surface area contributed by atoms with Crippen LogP contribution in [0, 0.1) is 0 Å². The monoisotopic (exact) mass is 276 g/mol. The van der Waals surface area contributed by atoms with E-state index < -0.39 is 11.7 Å². The van der Waals surface area contributed by atoms with Crippen molar-refractivity contribution in [3.8, 4) is 0 Å². The Kier molecular flexibility index (Phi) is 3.74. The number of benzene rings is 2. The highest BCUT2D eigenvalue weighted by molar-refractivity contribution is 6.28. The van der Waals surface area contributed by atoms with E-state index >= 15 is 0 Å². The molecule has 0 spiro atoms. The number of hydrogen-bond acceptors (Lipinski definition) is 1. The molecular weight excluding hydrogens is 265 g/mol. The zero-order valence-electron chi connectivity index (χ0n) is 10.4. The number of allylic oxidation sites excluding steroid dienone is 1. The van der Waals surface area contributed by atoms with Crippen LogP contribution in [0.25, 0.3) is 5.57 Å². The Morgan fingerprint density at radius 1 is 0.850 bits per heavy atom. The predicted molar refractivity (Wildman–Crippen MR) is 71.3 cm³/mol. The first-order chi connectivity index (χ1) is 9.39. The van der Waals surface area contributed by atoms with E-state index in [1.807, 2.05) is 0 Å². The van der Waals surface area contributed by atoms with Crippen LogP contribution < -0.4 is 0 Å². The van der Waals surface area contributed by atoms with E-state index in [1.54, 1.807) is 30.3 Å². The van der Waals surface area contributed by atoms with Gasteiger partial charge in [0, 0.05) is 11.1 Å². The number of hydrogen-bond donors (Lipinski definition) is 0. The lowest BCUT2D eigenvalue weighted by molar-refractivity contribution is -0.137. The van der Waals surface area contributed by atoms with Crippen molar-refractivity contribution in [3.63, 3.8) is 0 Å². The van der Waals surface area contributed by atoms with E-state index in [2.05, 4.69) is 6.58 Å². The molecule has 0 heterocycles. The van der Waals surface area contributed by atoms with E-state index in [1.165, 1.54) is 12.1 Å². The standard InChI is InChI=1S/C16H11F3O/c1-11(12-5-3-2-4-6-12)15(20)13-7-9-14(10-8-13)16(17,18)19/h2-10H,1H2. The van der Waals surface area contributed by atoms with Crippen molar-refractivity contribution in [2.24, 2.45) is 0 Å². The highest BCUT2D eigenvalue weighted by Gasteiger charge is 2.30. The highest BCUT2D eigenvalue weighted by atomic mass is 19.4. The van der Waals surface area contributed by atoms with Crippen molar-refractivity contribution in [1.29, 1.82) is 0 Å². The maximum absolute atomic E-state index is 12.4. The maximum atomic E-state index is 12.4. The number of ketones is 1. The lowest BCUT2D eigenvalue weighted by Gasteiger charge is -2.08. The number of alkyl halides is 3. The van der Waals surface area contributed by atoms with Gasteiger partial charge < -0.3 is 0 Å². The third kappa shape index (κ3) is 2.96. The minimum atomic E-state index is -4.40. The summed E-state index contributed by atoms with van der Waals surface area (Å²) in [6.07, 6.45) is -4.40. The highest BCUT2D eigenvalue weighted by Crippen LogP contribution is 2.29. The van der Waals surface area contributed by atoms with Gasteiger partial charge in [0.2, 0.25) is 0 Å². The number of rotatable bonds is 3. The van der Waals surface area contributed by atoms with Crippen LogP contribution in [0.5, 0.6) is 0 Å². The second-order valence-electron chi connectivity index (χ2n) is 4.25. The number of halogens is 3. The molecule has 4 heteroatoms. The summed E-state index contributed by atoms with van der Waals surface area (Å²) in [5.41, 5.74) is 0.314. The van der Waals surface area contributed by atoms with Gasteiger partial charge >= 0.3 is 6.18 Å². The van der Waals surface area contributed by atoms with Crippen LogP contribution in [0.1, 0.15) is 21.5 Å². The molecule has 0 saturated heterocycles. The molecule has 0 aliphatic carbocycles. The third-order valence-electron chi connectivity index (χ3n) is 2.87. The summed E-state index contributed by atoms with van der Waals surface area (Å²) < 4.78 is 37.3. The fraction of sp³-hybridized carbons (Fsp3) is 0.0625. The molecule has 0 radical (unpaired) electrons. The van der Waals surface area contributed by atoms with Crippen molar-refractivity contribution in [2.45, 2.75) is 6.18 Å². The van der Waals surface area contributed by atoms with E-state index in [0.717, 1.165) is 12.1 Å². The second-order valence-corrected chi connectivity index (χ2v) is 4.25. The van der Waals surface area contributed by atoms with Crippen LogP contribution in [0.3, 0.4) is 0 Å². The molecule has 1 nitrogen and oxygen atoms in total. The average Bonchev–Trinajstić information content (AvgIpc) is 2.46. The third-order valence-corrected chi connectivity index (χ3v) is 2.87. The first-order valence-electron chi connectivity index (χ1n) is 5.86. The van der Waals surface area contributed by atoms with E-state index in [4.69, 9.17) is 0 Å². The van der Waals surface area contributed by atoms with Crippen molar-refractivity contribution in [2.75, 3.05) is 0 Å². The molecule has 0 bridgehead atoms. The Morgan fingerprint density at radius 2 is 1.40 bits per heavy atom. The van der Waals surface area contributed by atoms with Crippen molar-refractivity contribution in [3.05, 3.63) is 77.9 Å². The molecule has 0 unspecified atom stereocenters. The van der Waals surface area contributed by atoms with Gasteiger partial charge in [-0.2, -0.15) is 13.2 Å². The Bertz CT molecular complexity index is 625. The lowest BCUT2D eigenvalue weighted by Crippen LogP contribution is -2.06. The van der Waals surface area contributed by atoms with Gasteiger partial charge in [-0.1, -0.05) is 49.0 Å². The molecule has 0 aliphatic rings. The van der Waals surface area contributed by atoms with Crippen LogP contribution in [0.4, 0.5) is 13.2 Å². The summed E-state index contributed by atoms with van der Waals surface area (Å²) in [6, 6.07) is 12.9. The molecule has 0 amide bonds. The lowest BCUT2D eigenvalue weighted by atomic mass is 9.97. The van der Waals surface area contributed by atoms with Gasteiger partial charge in [-0.25, -0.2) is 0 Å². The van der Waals surface area contributed by atoms with Crippen LogP contribution in [-0.4, -0.2) is 5.78 Å². The van der Waals surface area contributed by atoms with E-state index in [0.29, 0.717) is 5.56 Å². The summed E-state index contributed by atoms with van der Waals surface area (Å²) in [6.45, 7) is 3.70. The van der Waals surface area contributed by atoms with Crippen molar-refractivity contribution < 1.29 is 18.0 Å². The van der Waals surface area contributed by atoms with Crippen molar-refractivity contribution >= 4 is 11.4 Å². The smallest absolute Gasteiger partial charge is 0.289 e. The molecule has 2 aromatic rings. The van der Waals surface area contributed by atoms with Gasteiger partial charge in [0.1, 0.15) is 0 Å². The number of carbonyl (C=O) groups excluding carboxylic acids is 1. The van der Waals surface area contributed by atoms with Crippen LogP contribution >= 0.6 is 0 Å². The summed E-state index contributed by atoms with van der Waals surface area (Å²) in [7, 11) is 0. The number of Topliss-reactive ketones (excluding diaryl/α,β-unsaturated/α-hetero) is 1. The molecule has 0 N–H and O–H groups in total. The van der Waals surface area contributed by atoms with Crippen molar-refractivity contribution in [1.82, 2.24) is 0 Å². The first-order valence-corrected chi connectivity index (χ1v) is 5.86. The molecule has 0 aromatic heterocycles. The molecule has 20 heavy (non-hydrogen) atoms. The number of carbonyl (C=O) groups is 1. The largest absolute Gasteiger partial charge is 0.416 e. The van der Waals surface area contributed by atoms with Gasteiger partial charge in [0.25, 0.3) is 0 Å². The zero-order chi connectivity index (χ0) is 14.8. The van der Waals surface area contributed by atoms with Crippen LogP contribution in [-0.2, 0) is 6.18 Å². The van der Waals surface area contributed by atoms with Gasteiger partial charge in [0.15, 0.2) is 5.78 Å². The zero-order valence-corrected chi connectivity index (χ0v) is 10.4. The normalized spacial score (nSPS) is 11.2. The first kappa shape index (κ1) is 14.1. The topological polar surface area (TPSA) is 17.1 Å². The second kappa shape index (κ2) is 5.33. The Balaban J connectivity index is 2.24. The predicted octanol–water partition coefficient (Wildman–Crippen LogP) is 4.60. The fourth-order valence-corrected chi connectivity index (χ4v) is 1.76. The molecule has 2 rings (SSSR count). The Labute approximate surface area is 114 Å². The van der Waals surface area contributed by atoms with Gasteiger partial charge in [0.05, 0.1) is 5.56 Å². The molecule has 0 atom stereocenters. The molecule has 0 aliphatic heterocycles. The summed E-state index contributed by atoms with van der Waals surface area (Å²) >= 11 is 0. The minimum absolute atomic E-state index is 0.187. The minimum Gasteiger partial charge on any atom is -0.289 e. The van der Waals surface area contributed by atoms with Gasteiger partial charge in [-0.15, -0.1) is 0 Å². The fourth-order valence-electron chi connectivity index (χ4n) is 1.76. The molecular formula is C16H11F3O. The van der Waals surface area contributed by atoms with E-state index in [9.17, 15) is 18.0 Å². The summed E-state index contributed by atoms with van der Waals surface area (Å²) in [5, 5.41) is 0. The SMILES string of the molecule is C=C(C(=O)c1ccc(C(F)(F)F)cc1)c1ccccc1. The summed E-state index contributed by atoms with van der Waals surface area (Å²) in [5.74, 6) is -0.384. The van der Waals surface area contributed by atoms with Gasteiger partial charge in [-0.05, 0) is 17.7 Å². The average molecular weight is 276 g/mol. The molecule has 0 fully saturated rings. The van der Waals surface area contributed by atoms with Crippen LogP contribution in [0.15, 0.2) is 61.2 Å². The van der Waals surface area contributed by atoms with E-state index in [-0.39, 0.29) is 16.9 Å². The Hall–Kier alpha value is -2.36. The molecule has 0 saturated carbocycles. The quantitative estimate of drug-likeness (QED) is 0.591. The van der Waals surface area contributed by atoms with Crippen LogP contribution in [0.2, 0.25) is 0 Å².